The zero-order valence-electron chi connectivity index (χ0n) is 21.8. The molecule has 0 N–H and O–H groups in total. The summed E-state index contributed by atoms with van der Waals surface area (Å²) in [5.74, 6) is 1.37. The van der Waals surface area contributed by atoms with Gasteiger partial charge in [-0.2, -0.15) is 0 Å². The topological polar surface area (TPSA) is 15.7 Å². The van der Waals surface area contributed by atoms with Crippen molar-refractivity contribution < 1.29 is 4.74 Å². The van der Waals surface area contributed by atoms with Gasteiger partial charge in [-0.25, -0.2) is 0 Å². The van der Waals surface area contributed by atoms with Gasteiger partial charge in [-0.05, 0) is 72.8 Å². The van der Waals surface area contributed by atoms with Gasteiger partial charge in [0.1, 0.15) is 11.5 Å². The molecule has 0 radical (unpaired) electrons. The second-order valence-corrected chi connectivity index (χ2v) is 9.69. The lowest BCUT2D eigenvalue weighted by Gasteiger charge is -2.26. The predicted octanol–water partition coefficient (Wildman–Crippen LogP) is 11.1. The van der Waals surface area contributed by atoms with E-state index in [2.05, 4.69) is 64.4 Å². The van der Waals surface area contributed by atoms with Gasteiger partial charge in [0.2, 0.25) is 0 Å². The zero-order chi connectivity index (χ0) is 27.1. The highest BCUT2D eigenvalue weighted by molar-refractivity contribution is 6.31. The van der Waals surface area contributed by atoms with Crippen molar-refractivity contribution in [2.75, 3.05) is 9.80 Å². The Morgan fingerprint density at radius 2 is 0.750 bits per heavy atom. The highest BCUT2D eigenvalue weighted by Crippen LogP contribution is 2.40. The molecule has 6 rings (SSSR count). The molecule has 0 aliphatic carbocycles. The van der Waals surface area contributed by atoms with E-state index < -0.39 is 0 Å². The summed E-state index contributed by atoms with van der Waals surface area (Å²) in [7, 11) is 0. The van der Waals surface area contributed by atoms with Crippen molar-refractivity contribution in [1.82, 2.24) is 0 Å². The minimum Gasteiger partial charge on any atom is -0.457 e. The molecule has 4 heteroatoms. The van der Waals surface area contributed by atoms with E-state index in [1.165, 1.54) is 0 Å². The number of hydrogen-bond donors (Lipinski definition) is 0. The Labute approximate surface area is 240 Å². The lowest BCUT2D eigenvalue weighted by atomic mass is 10.2. The largest absolute Gasteiger partial charge is 0.457 e. The van der Waals surface area contributed by atoms with Crippen molar-refractivity contribution in [2.45, 2.75) is 0 Å². The lowest BCUT2D eigenvalue weighted by molar-refractivity contribution is 0.483. The minimum atomic E-state index is 0.593. The number of anilines is 6. The van der Waals surface area contributed by atoms with Crippen LogP contribution in [-0.4, -0.2) is 0 Å². The summed E-state index contributed by atoms with van der Waals surface area (Å²) in [5, 5.41) is 0.593. The molecule has 40 heavy (non-hydrogen) atoms. The fourth-order valence-corrected chi connectivity index (χ4v) is 4.98. The normalized spacial score (nSPS) is 10.6. The number of nitrogens with zero attached hydrogens (tertiary/aromatic N) is 2. The quantitative estimate of drug-likeness (QED) is 0.191. The molecule has 0 spiro atoms. The molecule has 194 valence electrons. The number of rotatable bonds is 8. The number of ether oxygens (including phenoxy) is 1. The number of para-hydroxylation sites is 4. The van der Waals surface area contributed by atoms with Crippen molar-refractivity contribution >= 4 is 45.7 Å². The van der Waals surface area contributed by atoms with Crippen LogP contribution in [0.2, 0.25) is 5.02 Å². The summed E-state index contributed by atoms with van der Waals surface area (Å²) in [4.78, 5) is 4.38. The number of hydrogen-bond acceptors (Lipinski definition) is 3. The maximum Gasteiger partial charge on any atom is 0.131 e. The van der Waals surface area contributed by atoms with E-state index in [9.17, 15) is 0 Å². The predicted molar refractivity (Wildman–Crippen MR) is 167 cm³/mol. The molecule has 0 atom stereocenters. The van der Waals surface area contributed by atoms with Crippen molar-refractivity contribution in [3.05, 3.63) is 169 Å². The van der Waals surface area contributed by atoms with Gasteiger partial charge >= 0.3 is 0 Å². The second-order valence-electron chi connectivity index (χ2n) is 9.26. The molecule has 0 unspecified atom stereocenters. The van der Waals surface area contributed by atoms with Gasteiger partial charge in [0, 0.05) is 45.6 Å². The van der Waals surface area contributed by atoms with Crippen LogP contribution in [0.1, 0.15) is 0 Å². The first-order chi connectivity index (χ1) is 19.7. The van der Waals surface area contributed by atoms with E-state index >= 15 is 0 Å². The van der Waals surface area contributed by atoms with Crippen LogP contribution in [0, 0.1) is 0 Å². The third-order valence-corrected chi connectivity index (χ3v) is 6.70. The molecule has 0 aliphatic heterocycles. The van der Waals surface area contributed by atoms with Crippen molar-refractivity contribution in [3.63, 3.8) is 0 Å². The average Bonchev–Trinajstić information content (AvgIpc) is 3.00. The van der Waals surface area contributed by atoms with Gasteiger partial charge in [0.25, 0.3) is 0 Å². The molecule has 0 saturated carbocycles. The fraction of sp³-hybridized carbons (Fsp3) is 0. The van der Waals surface area contributed by atoms with Gasteiger partial charge in [-0.15, -0.1) is 0 Å². The van der Waals surface area contributed by atoms with Crippen LogP contribution in [0.3, 0.4) is 0 Å². The molecule has 0 aromatic heterocycles. The van der Waals surface area contributed by atoms with Crippen molar-refractivity contribution in [3.8, 4) is 11.5 Å². The van der Waals surface area contributed by atoms with E-state index in [1.807, 2.05) is 109 Å². The molecular weight excluding hydrogens is 512 g/mol. The highest BCUT2D eigenvalue weighted by Gasteiger charge is 2.16. The number of halogens is 1. The Kier molecular flexibility index (Phi) is 7.47. The minimum absolute atomic E-state index is 0.593. The van der Waals surface area contributed by atoms with Gasteiger partial charge < -0.3 is 14.5 Å². The first-order valence-electron chi connectivity index (χ1n) is 13.1. The van der Waals surface area contributed by atoms with Crippen LogP contribution >= 0.6 is 11.6 Å². The third-order valence-electron chi connectivity index (χ3n) is 6.48. The Morgan fingerprint density at radius 3 is 1.23 bits per heavy atom. The number of benzene rings is 6. The van der Waals surface area contributed by atoms with Crippen LogP contribution in [0.4, 0.5) is 34.1 Å². The second kappa shape index (κ2) is 11.8. The smallest absolute Gasteiger partial charge is 0.131 e. The van der Waals surface area contributed by atoms with Gasteiger partial charge in [0.05, 0.1) is 5.69 Å². The molecule has 3 nitrogen and oxygen atoms in total. The van der Waals surface area contributed by atoms with Crippen LogP contribution < -0.4 is 14.5 Å². The van der Waals surface area contributed by atoms with Crippen LogP contribution in [0.5, 0.6) is 11.5 Å². The Bertz CT molecular complexity index is 1600. The SMILES string of the molecule is Clc1cc(Oc2cccc(N(c3ccccc3)c3ccccc3)c2)cc(N(c2ccccc2)c2ccccc2)c1. The van der Waals surface area contributed by atoms with E-state index in [-0.39, 0.29) is 0 Å². The van der Waals surface area contributed by atoms with E-state index in [0.717, 1.165) is 34.1 Å². The zero-order valence-corrected chi connectivity index (χ0v) is 22.5. The molecule has 0 bridgehead atoms. The van der Waals surface area contributed by atoms with Crippen molar-refractivity contribution in [2.24, 2.45) is 0 Å². The molecule has 0 fully saturated rings. The van der Waals surface area contributed by atoms with Gasteiger partial charge in [-0.3, -0.25) is 0 Å². The maximum absolute atomic E-state index is 6.66. The van der Waals surface area contributed by atoms with E-state index in [4.69, 9.17) is 16.3 Å². The Balaban J connectivity index is 1.37. The van der Waals surface area contributed by atoms with Gasteiger partial charge in [0.15, 0.2) is 0 Å². The van der Waals surface area contributed by atoms with Gasteiger partial charge in [-0.1, -0.05) is 90.5 Å². The molecule has 0 aliphatic rings. The average molecular weight is 539 g/mol. The third kappa shape index (κ3) is 5.70. The fourth-order valence-electron chi connectivity index (χ4n) is 4.76. The van der Waals surface area contributed by atoms with E-state index in [0.29, 0.717) is 16.5 Å². The summed E-state index contributed by atoms with van der Waals surface area (Å²) in [6, 6.07) is 55.1. The summed E-state index contributed by atoms with van der Waals surface area (Å²) in [5.41, 5.74) is 6.10. The summed E-state index contributed by atoms with van der Waals surface area (Å²) < 4.78 is 6.45. The lowest BCUT2D eigenvalue weighted by Crippen LogP contribution is -2.10. The van der Waals surface area contributed by atoms with Crippen LogP contribution in [-0.2, 0) is 0 Å². The van der Waals surface area contributed by atoms with Crippen molar-refractivity contribution in [1.29, 1.82) is 0 Å². The highest BCUT2D eigenvalue weighted by atomic mass is 35.5. The molecule has 6 aromatic rings. The summed E-state index contributed by atoms with van der Waals surface area (Å²) >= 11 is 6.66. The molecule has 0 heterocycles. The summed E-state index contributed by atoms with van der Waals surface area (Å²) in [6.07, 6.45) is 0. The summed E-state index contributed by atoms with van der Waals surface area (Å²) in [6.45, 7) is 0. The molecular formula is C36H27ClN2O. The van der Waals surface area contributed by atoms with Crippen LogP contribution in [0.25, 0.3) is 0 Å². The van der Waals surface area contributed by atoms with Crippen LogP contribution in [0.15, 0.2) is 164 Å². The maximum atomic E-state index is 6.66. The standard InChI is InChI=1S/C36H27ClN2O/c37-28-24-34(39(31-18-9-3-10-19-31)32-20-11-4-12-21-32)27-36(25-28)40-35-23-13-22-33(26-35)38(29-14-5-1-6-15-29)30-16-7-2-8-17-30/h1-27H. The molecule has 0 saturated heterocycles. The Hall–Kier alpha value is -4.99. The first-order valence-corrected chi connectivity index (χ1v) is 13.5. The molecule has 6 aromatic carbocycles. The van der Waals surface area contributed by atoms with E-state index in [1.54, 1.807) is 0 Å². The monoisotopic (exact) mass is 538 g/mol. The first kappa shape index (κ1) is 25.3. The molecule has 0 amide bonds. The Morgan fingerprint density at radius 1 is 0.350 bits per heavy atom.